The molecule has 1 fully saturated rings. The molecule has 31 heavy (non-hydrogen) atoms. The molecule has 0 aliphatic carbocycles. The molecule has 2 heterocycles. The van der Waals surface area contributed by atoms with E-state index in [-0.39, 0.29) is 17.9 Å². The molecule has 0 unspecified atom stereocenters. The molecular weight excluding hydrogens is 417 g/mol. The maximum atomic E-state index is 12.3. The van der Waals surface area contributed by atoms with Crippen molar-refractivity contribution in [1.29, 1.82) is 0 Å². The number of rotatable bonds is 4. The predicted molar refractivity (Wildman–Crippen MR) is 123 cm³/mol. The third-order valence-electron chi connectivity index (χ3n) is 5.33. The minimum Gasteiger partial charge on any atom is -0.399 e. The summed E-state index contributed by atoms with van der Waals surface area (Å²) >= 11 is 6.43. The second-order valence-corrected chi connectivity index (χ2v) is 9.70. The summed E-state index contributed by atoms with van der Waals surface area (Å²) in [5, 5.41) is 7.13. The molecule has 0 saturated carbocycles. The highest BCUT2D eigenvalue weighted by Gasteiger charge is 2.51. The van der Waals surface area contributed by atoms with Crippen LogP contribution in [0, 0.1) is 0 Å². The van der Waals surface area contributed by atoms with Crippen LogP contribution in [0.25, 0.3) is 0 Å². The molecule has 0 atom stereocenters. The van der Waals surface area contributed by atoms with Gasteiger partial charge in [0.2, 0.25) is 0 Å². The first-order chi connectivity index (χ1) is 14.3. The molecule has 9 heteroatoms. The molecule has 1 aromatic heterocycles. The fraction of sp³-hybridized carbons (Fsp3) is 0.591. The van der Waals surface area contributed by atoms with Gasteiger partial charge in [-0.2, -0.15) is 4.98 Å². The van der Waals surface area contributed by atoms with Gasteiger partial charge < -0.3 is 19.1 Å². The van der Waals surface area contributed by atoms with E-state index in [0.29, 0.717) is 10.8 Å². The number of nitrogens with zero attached hydrogens (tertiary/aromatic N) is 2. The van der Waals surface area contributed by atoms with E-state index >= 15 is 0 Å². The Hall–Kier alpha value is -1.90. The van der Waals surface area contributed by atoms with Crippen molar-refractivity contribution in [2.45, 2.75) is 85.5 Å². The Bertz CT molecular complexity index is 906. The minimum absolute atomic E-state index is 0.0695. The number of amides is 1. The Morgan fingerprint density at radius 3 is 2.19 bits per heavy atom. The Balaban J connectivity index is 0.00000166. The summed E-state index contributed by atoms with van der Waals surface area (Å²) in [6, 6.07) is 5.53. The van der Waals surface area contributed by atoms with Crippen LogP contribution in [0.15, 0.2) is 22.7 Å². The topological polar surface area (TPSA) is 86.5 Å². The van der Waals surface area contributed by atoms with Crippen molar-refractivity contribution in [2.75, 3.05) is 0 Å². The van der Waals surface area contributed by atoms with Crippen LogP contribution in [0.4, 0.5) is 0 Å². The van der Waals surface area contributed by atoms with Crippen molar-refractivity contribution >= 4 is 30.1 Å². The fourth-order valence-electron chi connectivity index (χ4n) is 2.70. The Kier molecular flexibility index (Phi) is 7.61. The van der Waals surface area contributed by atoms with Crippen molar-refractivity contribution in [3.63, 3.8) is 0 Å². The van der Waals surface area contributed by atoms with Crippen LogP contribution in [-0.2, 0) is 21.3 Å². The molecule has 0 bridgehead atoms. The smallest absolute Gasteiger partial charge is 0.399 e. The number of carbonyl (C=O) groups is 1. The number of nitrogens with one attached hydrogen (secondary N) is 1. The maximum Gasteiger partial charge on any atom is 0.494 e. The largest absolute Gasteiger partial charge is 0.494 e. The van der Waals surface area contributed by atoms with Crippen molar-refractivity contribution in [1.82, 2.24) is 15.5 Å². The normalized spacial score (nSPS) is 17.2. The molecule has 1 aromatic carbocycles. The van der Waals surface area contributed by atoms with Crippen LogP contribution >= 0.6 is 11.6 Å². The first-order valence-corrected chi connectivity index (χ1v) is 10.9. The molecule has 2 aromatic rings. The van der Waals surface area contributed by atoms with E-state index in [1.807, 2.05) is 74.4 Å². The lowest BCUT2D eigenvalue weighted by Gasteiger charge is -2.32. The molecule has 1 aliphatic rings. The number of aromatic nitrogens is 2. The lowest BCUT2D eigenvalue weighted by Crippen LogP contribution is -2.41. The van der Waals surface area contributed by atoms with Crippen LogP contribution in [0.3, 0.4) is 0 Å². The van der Waals surface area contributed by atoms with Crippen molar-refractivity contribution in [3.8, 4) is 0 Å². The third kappa shape index (κ3) is 5.67. The molecule has 170 valence electrons. The summed E-state index contributed by atoms with van der Waals surface area (Å²) in [7, 11) is -0.490. The van der Waals surface area contributed by atoms with Crippen LogP contribution in [0.2, 0.25) is 5.02 Å². The minimum atomic E-state index is -0.490. The summed E-state index contributed by atoms with van der Waals surface area (Å²) in [6.45, 7) is 18.1. The van der Waals surface area contributed by atoms with Crippen LogP contribution in [0.5, 0.6) is 0 Å². The lowest BCUT2D eigenvalue weighted by molar-refractivity contribution is 0.00578. The van der Waals surface area contributed by atoms with Crippen molar-refractivity contribution in [3.05, 3.63) is 40.5 Å². The van der Waals surface area contributed by atoms with Crippen LogP contribution in [-0.4, -0.2) is 34.4 Å². The third-order valence-corrected chi connectivity index (χ3v) is 5.68. The van der Waals surface area contributed by atoms with E-state index in [0.717, 1.165) is 11.0 Å². The average molecular weight is 450 g/mol. The van der Waals surface area contributed by atoms with Gasteiger partial charge in [-0.25, -0.2) is 0 Å². The van der Waals surface area contributed by atoms with Crippen LogP contribution < -0.4 is 10.8 Å². The van der Waals surface area contributed by atoms with Gasteiger partial charge >= 0.3 is 18.9 Å². The number of hydrogen-bond acceptors (Lipinski definition) is 6. The molecule has 7 nitrogen and oxygen atoms in total. The quantitative estimate of drug-likeness (QED) is 0.701. The van der Waals surface area contributed by atoms with Gasteiger partial charge in [-0.15, -0.1) is 0 Å². The number of carbonyl (C=O) groups excluding carboxylic acids is 1. The van der Waals surface area contributed by atoms with Gasteiger partial charge in [-0.3, -0.25) is 4.79 Å². The van der Waals surface area contributed by atoms with Gasteiger partial charge in [-0.05, 0) is 44.8 Å². The monoisotopic (exact) mass is 449 g/mol. The molecule has 1 aliphatic heterocycles. The summed E-state index contributed by atoms with van der Waals surface area (Å²) in [5.41, 5.74) is 0.445. The zero-order valence-corrected chi connectivity index (χ0v) is 20.7. The van der Waals surface area contributed by atoms with E-state index < -0.39 is 24.2 Å². The summed E-state index contributed by atoms with van der Waals surface area (Å²) in [6.07, 6.45) is 0. The van der Waals surface area contributed by atoms with Gasteiger partial charge in [0.1, 0.15) is 0 Å². The van der Waals surface area contributed by atoms with Crippen LogP contribution in [0.1, 0.15) is 84.4 Å². The second-order valence-electron chi connectivity index (χ2n) is 9.29. The zero-order valence-electron chi connectivity index (χ0n) is 19.9. The molecule has 0 spiro atoms. The molecule has 0 radical (unpaired) electrons. The molecule has 1 N–H and O–H groups in total. The van der Waals surface area contributed by atoms with Gasteiger partial charge in [0.15, 0.2) is 5.82 Å². The molecule has 3 rings (SSSR count). The highest BCUT2D eigenvalue weighted by molar-refractivity contribution is 6.62. The Labute approximate surface area is 190 Å². The van der Waals surface area contributed by atoms with Gasteiger partial charge in [-0.1, -0.05) is 63.5 Å². The molecular formula is C22H33BClN3O4. The number of halogens is 1. The van der Waals surface area contributed by atoms with Gasteiger partial charge in [0.05, 0.1) is 11.2 Å². The van der Waals surface area contributed by atoms with Gasteiger partial charge in [0.25, 0.3) is 0 Å². The first-order valence-electron chi connectivity index (χ1n) is 10.6. The van der Waals surface area contributed by atoms with Crippen molar-refractivity contribution in [2.24, 2.45) is 0 Å². The zero-order chi connectivity index (χ0) is 23.6. The lowest BCUT2D eigenvalue weighted by atomic mass is 9.79. The highest BCUT2D eigenvalue weighted by Crippen LogP contribution is 2.36. The first kappa shape index (κ1) is 25.4. The van der Waals surface area contributed by atoms with E-state index in [2.05, 4.69) is 15.5 Å². The summed E-state index contributed by atoms with van der Waals surface area (Å²) < 4.78 is 17.2. The summed E-state index contributed by atoms with van der Waals surface area (Å²) in [4.78, 5) is 16.5. The number of benzene rings is 1. The summed E-state index contributed by atoms with van der Waals surface area (Å²) in [5.74, 6) is -0.0357. The van der Waals surface area contributed by atoms with E-state index in [4.69, 9.17) is 25.4 Å². The maximum absolute atomic E-state index is 12.3. The predicted octanol–water partition coefficient (Wildman–Crippen LogP) is 4.28. The highest BCUT2D eigenvalue weighted by atomic mass is 35.5. The average Bonchev–Trinajstić information content (AvgIpc) is 3.25. The Morgan fingerprint density at radius 2 is 1.71 bits per heavy atom. The standard InChI is InChI=1S/C20H27BClN3O4.C2H6/c1-18(2,3)17-24-16(27-25-17)15(26)23-11-12-8-9-13(10-14(12)22)21-28-19(4,5)20(6,7)29-21;1-2/h8-10H,11H2,1-7H3,(H,23,26);1-2H3. The SMILES string of the molecule is CC.CC(C)(C)c1noc(C(=O)NCc2ccc(B3OC(C)(C)C(C)(C)O3)cc2Cl)n1. The fourth-order valence-corrected chi connectivity index (χ4v) is 2.96. The van der Waals surface area contributed by atoms with E-state index in [1.54, 1.807) is 6.07 Å². The Morgan fingerprint density at radius 1 is 1.13 bits per heavy atom. The molecule has 1 saturated heterocycles. The second kappa shape index (κ2) is 9.31. The van der Waals surface area contributed by atoms with Gasteiger partial charge in [0, 0.05) is 17.0 Å². The van der Waals surface area contributed by atoms with Crippen molar-refractivity contribution < 1.29 is 18.6 Å². The number of hydrogen-bond donors (Lipinski definition) is 1. The molecule has 1 amide bonds. The van der Waals surface area contributed by atoms with E-state index in [9.17, 15) is 4.79 Å². The van der Waals surface area contributed by atoms with E-state index in [1.165, 1.54) is 0 Å².